The topological polar surface area (TPSA) is 94.9 Å². The molecule has 1 N–H and O–H groups in total. The molecular weight excluding hydrogens is 280 g/mol. The summed E-state index contributed by atoms with van der Waals surface area (Å²) in [6, 6.07) is 9.62. The van der Waals surface area contributed by atoms with Crippen LogP contribution in [0.4, 0.5) is 0 Å². The first-order valence-electron chi connectivity index (χ1n) is 6.78. The third kappa shape index (κ3) is 3.43. The quantitative estimate of drug-likeness (QED) is 0.905. The van der Waals surface area contributed by atoms with Gasteiger partial charge in [0.15, 0.2) is 11.4 Å². The number of aliphatic hydroxyl groups excluding tert-OH is 1. The summed E-state index contributed by atoms with van der Waals surface area (Å²) in [5.41, 5.74) is 2.28. The van der Waals surface area contributed by atoms with Gasteiger partial charge in [-0.15, -0.1) is 0 Å². The number of hydrogen-bond acceptors (Lipinski definition) is 5. The molecule has 0 radical (unpaired) electrons. The summed E-state index contributed by atoms with van der Waals surface area (Å²) in [5.74, 6) is 0.725. The molecule has 0 aliphatic heterocycles. The molecule has 0 aliphatic rings. The molecule has 1 unspecified atom stereocenters. The van der Waals surface area contributed by atoms with Gasteiger partial charge in [0.2, 0.25) is 0 Å². The minimum Gasteiger partial charge on any atom is -0.491 e. The molecule has 112 valence electrons. The average molecular weight is 296 g/mol. The van der Waals surface area contributed by atoms with Crippen molar-refractivity contribution in [1.29, 1.82) is 10.5 Å². The largest absolute Gasteiger partial charge is 0.491 e. The van der Waals surface area contributed by atoms with E-state index in [0.29, 0.717) is 0 Å². The standard InChI is InChI=1S/C16H16N4O2/c1-11-3-4-12(2)16(5-11)22-9-13(21)8-20-10-19-14(6-17)15(20)7-18/h3-5,10,13,21H,8-9H2,1-2H3. The van der Waals surface area contributed by atoms with Gasteiger partial charge in [0, 0.05) is 0 Å². The highest BCUT2D eigenvalue weighted by Gasteiger charge is 2.14. The normalized spacial score (nSPS) is 11.5. The number of aromatic nitrogens is 2. The number of hydrogen-bond donors (Lipinski definition) is 1. The number of aryl methyl sites for hydroxylation is 2. The van der Waals surface area contributed by atoms with Crippen LogP contribution in [0.5, 0.6) is 5.75 Å². The van der Waals surface area contributed by atoms with Gasteiger partial charge in [0.05, 0.1) is 12.9 Å². The smallest absolute Gasteiger partial charge is 0.176 e. The molecule has 0 saturated carbocycles. The van der Waals surface area contributed by atoms with Gasteiger partial charge in [-0.3, -0.25) is 0 Å². The summed E-state index contributed by atoms with van der Waals surface area (Å²) in [5, 5.41) is 27.9. The van der Waals surface area contributed by atoms with Gasteiger partial charge in [0.1, 0.15) is 30.6 Å². The fraction of sp³-hybridized carbons (Fsp3) is 0.312. The highest BCUT2D eigenvalue weighted by Crippen LogP contribution is 2.19. The lowest BCUT2D eigenvalue weighted by molar-refractivity contribution is 0.0919. The third-order valence-corrected chi connectivity index (χ3v) is 3.23. The number of imidazole rings is 1. The zero-order valence-corrected chi connectivity index (χ0v) is 12.4. The first-order chi connectivity index (χ1) is 10.5. The molecule has 22 heavy (non-hydrogen) atoms. The predicted molar refractivity (Wildman–Crippen MR) is 79.1 cm³/mol. The molecule has 1 heterocycles. The number of benzene rings is 1. The van der Waals surface area contributed by atoms with E-state index in [-0.39, 0.29) is 24.5 Å². The Morgan fingerprint density at radius 2 is 2.09 bits per heavy atom. The van der Waals surface area contributed by atoms with Crippen molar-refractivity contribution in [3.63, 3.8) is 0 Å². The number of nitrogens with zero attached hydrogens (tertiary/aromatic N) is 4. The van der Waals surface area contributed by atoms with E-state index in [9.17, 15) is 5.11 Å². The van der Waals surface area contributed by atoms with Crippen LogP contribution in [0.3, 0.4) is 0 Å². The van der Waals surface area contributed by atoms with Crippen LogP contribution in [0.15, 0.2) is 24.5 Å². The second kappa shape index (κ2) is 6.75. The maximum Gasteiger partial charge on any atom is 0.176 e. The van der Waals surface area contributed by atoms with Crippen molar-refractivity contribution in [2.45, 2.75) is 26.5 Å². The van der Waals surface area contributed by atoms with Crippen molar-refractivity contribution in [2.24, 2.45) is 0 Å². The maximum absolute atomic E-state index is 10.1. The van der Waals surface area contributed by atoms with E-state index in [1.165, 1.54) is 10.9 Å². The van der Waals surface area contributed by atoms with E-state index < -0.39 is 6.10 Å². The van der Waals surface area contributed by atoms with E-state index in [1.807, 2.05) is 44.2 Å². The van der Waals surface area contributed by atoms with Gasteiger partial charge in [-0.05, 0) is 31.0 Å². The molecule has 6 nitrogen and oxygen atoms in total. The van der Waals surface area contributed by atoms with Gasteiger partial charge in [-0.2, -0.15) is 10.5 Å². The minimum absolute atomic E-state index is 0.0603. The highest BCUT2D eigenvalue weighted by molar-refractivity contribution is 5.36. The Balaban J connectivity index is 2.01. The summed E-state index contributed by atoms with van der Waals surface area (Å²) in [4.78, 5) is 3.83. The monoisotopic (exact) mass is 296 g/mol. The van der Waals surface area contributed by atoms with Crippen molar-refractivity contribution in [2.75, 3.05) is 6.61 Å². The molecule has 0 spiro atoms. The fourth-order valence-electron chi connectivity index (χ4n) is 2.05. The molecule has 2 aromatic rings. The van der Waals surface area contributed by atoms with Crippen LogP contribution in [-0.4, -0.2) is 27.4 Å². The Labute approximate surface area is 128 Å². The predicted octanol–water partition coefficient (Wildman–Crippen LogP) is 1.68. The molecule has 6 heteroatoms. The zero-order valence-electron chi connectivity index (χ0n) is 12.4. The fourth-order valence-corrected chi connectivity index (χ4v) is 2.05. The summed E-state index contributed by atoms with van der Waals surface area (Å²) in [7, 11) is 0. The van der Waals surface area contributed by atoms with Crippen LogP contribution >= 0.6 is 0 Å². The van der Waals surface area contributed by atoms with Crippen molar-refractivity contribution < 1.29 is 9.84 Å². The van der Waals surface area contributed by atoms with Crippen LogP contribution in [0.1, 0.15) is 22.5 Å². The molecule has 0 saturated heterocycles. The van der Waals surface area contributed by atoms with Crippen LogP contribution in [0.2, 0.25) is 0 Å². The van der Waals surface area contributed by atoms with Crippen LogP contribution in [-0.2, 0) is 6.54 Å². The first-order valence-corrected chi connectivity index (χ1v) is 6.78. The maximum atomic E-state index is 10.1. The van der Waals surface area contributed by atoms with Crippen LogP contribution < -0.4 is 4.74 Å². The van der Waals surface area contributed by atoms with Crippen molar-refractivity contribution in [1.82, 2.24) is 9.55 Å². The molecular formula is C16H16N4O2. The van der Waals surface area contributed by atoms with Crippen LogP contribution in [0, 0.1) is 36.5 Å². The van der Waals surface area contributed by atoms with Gasteiger partial charge >= 0.3 is 0 Å². The second-order valence-electron chi connectivity index (χ2n) is 5.05. The van der Waals surface area contributed by atoms with Crippen molar-refractivity contribution in [3.05, 3.63) is 47.0 Å². The Kier molecular flexibility index (Phi) is 4.77. The molecule has 0 bridgehead atoms. The zero-order chi connectivity index (χ0) is 16.1. The van der Waals surface area contributed by atoms with Crippen LogP contribution in [0.25, 0.3) is 0 Å². The molecule has 1 aromatic heterocycles. The lowest BCUT2D eigenvalue weighted by Crippen LogP contribution is -2.24. The van der Waals surface area contributed by atoms with Gasteiger partial charge in [-0.25, -0.2) is 4.98 Å². The third-order valence-electron chi connectivity index (χ3n) is 3.23. The van der Waals surface area contributed by atoms with Gasteiger partial charge in [0.25, 0.3) is 0 Å². The molecule has 1 aromatic carbocycles. The van der Waals surface area contributed by atoms with Gasteiger partial charge < -0.3 is 14.4 Å². The van der Waals surface area contributed by atoms with E-state index in [1.54, 1.807) is 0 Å². The Bertz CT molecular complexity index is 752. The van der Waals surface area contributed by atoms with Gasteiger partial charge in [-0.1, -0.05) is 12.1 Å². The SMILES string of the molecule is Cc1ccc(C)c(OCC(O)Cn2cnc(C#N)c2C#N)c1. The second-order valence-corrected chi connectivity index (χ2v) is 5.05. The highest BCUT2D eigenvalue weighted by atomic mass is 16.5. The van der Waals surface area contributed by atoms with Crippen molar-refractivity contribution in [3.8, 4) is 17.9 Å². The molecule has 0 amide bonds. The summed E-state index contributed by atoms with van der Waals surface area (Å²) < 4.78 is 7.08. The van der Waals surface area contributed by atoms with E-state index in [2.05, 4.69) is 4.98 Å². The molecule has 0 aliphatic carbocycles. The van der Waals surface area contributed by atoms with E-state index >= 15 is 0 Å². The minimum atomic E-state index is -0.812. The Morgan fingerprint density at radius 1 is 1.32 bits per heavy atom. The number of aliphatic hydroxyl groups is 1. The Morgan fingerprint density at radius 3 is 2.77 bits per heavy atom. The summed E-state index contributed by atoms with van der Waals surface area (Å²) in [6.45, 7) is 4.14. The summed E-state index contributed by atoms with van der Waals surface area (Å²) in [6.07, 6.45) is 0.561. The molecule has 2 rings (SSSR count). The number of nitriles is 2. The average Bonchev–Trinajstić information content (AvgIpc) is 2.89. The van der Waals surface area contributed by atoms with E-state index in [0.717, 1.165) is 16.9 Å². The lowest BCUT2D eigenvalue weighted by Gasteiger charge is -2.15. The molecule has 0 fully saturated rings. The lowest BCUT2D eigenvalue weighted by atomic mass is 10.1. The number of rotatable bonds is 5. The Hall–Kier alpha value is -2.83. The first kappa shape index (κ1) is 15.6. The van der Waals surface area contributed by atoms with E-state index in [4.69, 9.17) is 15.3 Å². The summed E-state index contributed by atoms with van der Waals surface area (Å²) >= 11 is 0. The number of ether oxygens (including phenoxy) is 1. The molecule has 1 atom stereocenters. The van der Waals surface area contributed by atoms with Crippen molar-refractivity contribution >= 4 is 0 Å².